The van der Waals surface area contributed by atoms with E-state index in [1.54, 1.807) is 7.11 Å². The molecule has 0 saturated heterocycles. The number of ether oxygens (including phenoxy) is 1. The van der Waals surface area contributed by atoms with Gasteiger partial charge in [0, 0.05) is 11.3 Å². The van der Waals surface area contributed by atoms with Gasteiger partial charge in [0.2, 0.25) is 5.95 Å². The molecule has 0 saturated carbocycles. The van der Waals surface area contributed by atoms with Crippen molar-refractivity contribution < 1.29 is 4.74 Å². The third-order valence-electron chi connectivity index (χ3n) is 3.12. The Balaban J connectivity index is 1.78. The number of H-pyrrole nitrogens is 1. The van der Waals surface area contributed by atoms with E-state index >= 15 is 0 Å². The molecule has 0 radical (unpaired) electrons. The quantitative estimate of drug-likeness (QED) is 0.767. The molecule has 0 fully saturated rings. The SMILES string of the molecule is COc1ccc(Nc2n[nH]c(-c3cccc(C)c3)n2)cc1. The van der Waals surface area contributed by atoms with Gasteiger partial charge in [-0.3, -0.25) is 5.10 Å². The molecule has 0 unspecified atom stereocenters. The smallest absolute Gasteiger partial charge is 0.246 e. The van der Waals surface area contributed by atoms with E-state index in [1.807, 2.05) is 36.4 Å². The highest BCUT2D eigenvalue weighted by Crippen LogP contribution is 2.20. The Hall–Kier alpha value is -2.82. The molecule has 1 heterocycles. The van der Waals surface area contributed by atoms with E-state index in [1.165, 1.54) is 5.56 Å². The summed E-state index contributed by atoms with van der Waals surface area (Å²) in [6.45, 7) is 2.05. The Morgan fingerprint density at radius 3 is 2.62 bits per heavy atom. The zero-order valence-electron chi connectivity index (χ0n) is 11.9. The van der Waals surface area contributed by atoms with Gasteiger partial charge in [0.1, 0.15) is 5.75 Å². The van der Waals surface area contributed by atoms with Crippen molar-refractivity contribution in [1.82, 2.24) is 15.2 Å². The molecule has 0 spiro atoms. The number of aryl methyl sites for hydroxylation is 1. The monoisotopic (exact) mass is 280 g/mol. The molecule has 21 heavy (non-hydrogen) atoms. The minimum atomic E-state index is 0.539. The maximum absolute atomic E-state index is 5.13. The van der Waals surface area contributed by atoms with Gasteiger partial charge >= 0.3 is 0 Å². The lowest BCUT2D eigenvalue weighted by molar-refractivity contribution is 0.415. The summed E-state index contributed by atoms with van der Waals surface area (Å²) in [7, 11) is 1.64. The van der Waals surface area contributed by atoms with E-state index in [-0.39, 0.29) is 0 Å². The molecule has 2 aromatic carbocycles. The lowest BCUT2D eigenvalue weighted by atomic mass is 10.1. The fraction of sp³-hybridized carbons (Fsp3) is 0.125. The van der Waals surface area contributed by atoms with E-state index in [2.05, 4.69) is 39.6 Å². The molecule has 5 heteroatoms. The van der Waals surface area contributed by atoms with Gasteiger partial charge < -0.3 is 10.1 Å². The van der Waals surface area contributed by atoms with Crippen molar-refractivity contribution in [1.29, 1.82) is 0 Å². The molecule has 1 aromatic heterocycles. The standard InChI is InChI=1S/C16H16N4O/c1-11-4-3-5-12(10-11)15-18-16(20-19-15)17-13-6-8-14(21-2)9-7-13/h3-10H,1-2H3,(H2,17,18,19,20). The fourth-order valence-corrected chi connectivity index (χ4v) is 2.04. The number of hydrogen-bond acceptors (Lipinski definition) is 4. The van der Waals surface area contributed by atoms with E-state index < -0.39 is 0 Å². The first-order chi connectivity index (χ1) is 10.2. The van der Waals surface area contributed by atoms with Crippen molar-refractivity contribution in [2.75, 3.05) is 12.4 Å². The van der Waals surface area contributed by atoms with Crippen LogP contribution in [0.25, 0.3) is 11.4 Å². The number of nitrogens with one attached hydrogen (secondary N) is 2. The highest BCUT2D eigenvalue weighted by atomic mass is 16.5. The molecular weight excluding hydrogens is 264 g/mol. The van der Waals surface area contributed by atoms with Crippen LogP contribution in [-0.4, -0.2) is 22.3 Å². The highest BCUT2D eigenvalue weighted by Gasteiger charge is 2.06. The van der Waals surface area contributed by atoms with E-state index in [9.17, 15) is 0 Å². The number of hydrogen-bond donors (Lipinski definition) is 2. The summed E-state index contributed by atoms with van der Waals surface area (Å²) < 4.78 is 5.13. The number of aromatic nitrogens is 3. The predicted octanol–water partition coefficient (Wildman–Crippen LogP) is 3.53. The number of anilines is 2. The van der Waals surface area contributed by atoms with Crippen LogP contribution in [0, 0.1) is 6.92 Å². The summed E-state index contributed by atoms with van der Waals surface area (Å²) in [5.41, 5.74) is 3.12. The number of rotatable bonds is 4. The van der Waals surface area contributed by atoms with Crippen LogP contribution in [0.4, 0.5) is 11.6 Å². The zero-order valence-corrected chi connectivity index (χ0v) is 11.9. The number of nitrogens with zero attached hydrogens (tertiary/aromatic N) is 2. The average Bonchev–Trinajstić information content (AvgIpc) is 2.97. The molecule has 3 aromatic rings. The van der Waals surface area contributed by atoms with Crippen LogP contribution >= 0.6 is 0 Å². The van der Waals surface area contributed by atoms with Crippen molar-refractivity contribution in [2.24, 2.45) is 0 Å². The Bertz CT molecular complexity index is 734. The zero-order chi connectivity index (χ0) is 14.7. The summed E-state index contributed by atoms with van der Waals surface area (Å²) in [5.74, 6) is 2.10. The van der Waals surface area contributed by atoms with E-state index in [0.717, 1.165) is 22.8 Å². The second-order valence-electron chi connectivity index (χ2n) is 4.73. The Kier molecular flexibility index (Phi) is 3.55. The molecule has 0 bridgehead atoms. The minimum absolute atomic E-state index is 0.539. The van der Waals surface area contributed by atoms with Gasteiger partial charge in [-0.2, -0.15) is 4.98 Å². The Morgan fingerprint density at radius 2 is 1.90 bits per heavy atom. The molecule has 0 atom stereocenters. The van der Waals surface area contributed by atoms with E-state index in [4.69, 9.17) is 4.74 Å². The van der Waals surface area contributed by atoms with Gasteiger partial charge in [-0.05, 0) is 37.3 Å². The number of methoxy groups -OCH3 is 1. The van der Waals surface area contributed by atoms with E-state index in [0.29, 0.717) is 5.95 Å². The Morgan fingerprint density at radius 1 is 1.10 bits per heavy atom. The molecule has 0 aliphatic carbocycles. The van der Waals surface area contributed by atoms with Crippen molar-refractivity contribution in [3.8, 4) is 17.1 Å². The van der Waals surface area contributed by atoms with Crippen molar-refractivity contribution >= 4 is 11.6 Å². The lowest BCUT2D eigenvalue weighted by Crippen LogP contribution is -1.92. The van der Waals surface area contributed by atoms with Crippen LogP contribution in [0.5, 0.6) is 5.75 Å². The summed E-state index contributed by atoms with van der Waals surface area (Å²) in [6.07, 6.45) is 0. The third-order valence-corrected chi connectivity index (χ3v) is 3.12. The molecule has 5 nitrogen and oxygen atoms in total. The van der Waals surface area contributed by atoms with Crippen molar-refractivity contribution in [3.05, 3.63) is 54.1 Å². The van der Waals surface area contributed by atoms with Crippen LogP contribution in [0.15, 0.2) is 48.5 Å². The first kappa shape index (κ1) is 13.2. The van der Waals surface area contributed by atoms with Gasteiger partial charge in [0.25, 0.3) is 0 Å². The van der Waals surface area contributed by atoms with Crippen LogP contribution in [0.2, 0.25) is 0 Å². The normalized spacial score (nSPS) is 10.4. The largest absolute Gasteiger partial charge is 0.497 e. The minimum Gasteiger partial charge on any atom is -0.497 e. The second kappa shape index (κ2) is 5.66. The molecule has 0 aliphatic rings. The maximum atomic E-state index is 5.13. The van der Waals surface area contributed by atoms with Gasteiger partial charge in [-0.25, -0.2) is 0 Å². The lowest BCUT2D eigenvalue weighted by Gasteiger charge is -2.03. The number of benzene rings is 2. The maximum Gasteiger partial charge on any atom is 0.246 e. The average molecular weight is 280 g/mol. The van der Waals surface area contributed by atoms with Gasteiger partial charge in [0.15, 0.2) is 5.82 Å². The molecule has 2 N–H and O–H groups in total. The third kappa shape index (κ3) is 3.02. The van der Waals surface area contributed by atoms with Crippen LogP contribution in [0.3, 0.4) is 0 Å². The summed E-state index contributed by atoms with van der Waals surface area (Å²) in [5, 5.41) is 10.3. The van der Waals surface area contributed by atoms with Crippen LogP contribution < -0.4 is 10.1 Å². The van der Waals surface area contributed by atoms with Gasteiger partial charge in [0.05, 0.1) is 7.11 Å². The predicted molar refractivity (Wildman–Crippen MR) is 82.8 cm³/mol. The highest BCUT2D eigenvalue weighted by molar-refractivity contribution is 5.60. The fourth-order valence-electron chi connectivity index (χ4n) is 2.04. The van der Waals surface area contributed by atoms with Crippen LogP contribution in [0.1, 0.15) is 5.56 Å². The summed E-state index contributed by atoms with van der Waals surface area (Å²) in [6, 6.07) is 15.7. The molecule has 3 rings (SSSR count). The van der Waals surface area contributed by atoms with Crippen molar-refractivity contribution in [2.45, 2.75) is 6.92 Å². The molecular formula is C16H16N4O. The topological polar surface area (TPSA) is 62.8 Å². The van der Waals surface area contributed by atoms with Crippen molar-refractivity contribution in [3.63, 3.8) is 0 Å². The van der Waals surface area contributed by atoms with Gasteiger partial charge in [-0.1, -0.05) is 23.8 Å². The van der Waals surface area contributed by atoms with Crippen LogP contribution in [-0.2, 0) is 0 Å². The Labute approximate surface area is 123 Å². The van der Waals surface area contributed by atoms with Gasteiger partial charge in [-0.15, -0.1) is 5.10 Å². The first-order valence-corrected chi connectivity index (χ1v) is 6.65. The molecule has 0 aliphatic heterocycles. The summed E-state index contributed by atoms with van der Waals surface area (Å²) >= 11 is 0. The summed E-state index contributed by atoms with van der Waals surface area (Å²) in [4.78, 5) is 4.45. The first-order valence-electron chi connectivity index (χ1n) is 6.65. The number of aromatic amines is 1. The molecule has 0 amide bonds. The second-order valence-corrected chi connectivity index (χ2v) is 4.73. The molecule has 106 valence electrons.